The van der Waals surface area contributed by atoms with Crippen LogP contribution in [0.2, 0.25) is 0 Å². The molecule has 0 aromatic heterocycles. The Morgan fingerprint density at radius 3 is 2.34 bits per heavy atom. The van der Waals surface area contributed by atoms with Crippen LogP contribution in [0, 0.1) is 52.3 Å². The highest BCUT2D eigenvalue weighted by molar-refractivity contribution is 5.99. The molecular formula is C29H47NO2. The third-order valence-corrected chi connectivity index (χ3v) is 10.6. The predicted octanol–water partition coefficient (Wildman–Crippen LogP) is 7.02. The van der Waals surface area contributed by atoms with Crippen molar-refractivity contribution in [2.24, 2.45) is 57.4 Å². The summed E-state index contributed by atoms with van der Waals surface area (Å²) in [5.41, 5.74) is 3.34. The summed E-state index contributed by atoms with van der Waals surface area (Å²) in [7, 11) is 1.66. The van der Waals surface area contributed by atoms with Gasteiger partial charge in [-0.2, -0.15) is 0 Å². The molecule has 3 heteroatoms. The minimum absolute atomic E-state index is 0.198. The monoisotopic (exact) mass is 441 g/mol. The van der Waals surface area contributed by atoms with Crippen molar-refractivity contribution < 1.29 is 9.94 Å². The minimum Gasteiger partial charge on any atom is -0.399 e. The zero-order valence-corrected chi connectivity index (χ0v) is 21.6. The molecule has 0 bridgehead atoms. The lowest BCUT2D eigenvalue weighted by Gasteiger charge is -2.57. The maximum Gasteiger partial charge on any atom is 0.106 e. The van der Waals surface area contributed by atoms with Crippen LogP contribution in [0.15, 0.2) is 29.0 Å². The molecule has 0 radical (unpaired) electrons. The van der Waals surface area contributed by atoms with Crippen molar-refractivity contribution in [3.05, 3.63) is 23.8 Å². The van der Waals surface area contributed by atoms with Gasteiger partial charge in [0.05, 0.1) is 11.8 Å². The number of hydrogen-bond donors (Lipinski definition) is 1. The van der Waals surface area contributed by atoms with E-state index in [0.717, 1.165) is 30.9 Å². The number of oxime groups is 1. The quantitative estimate of drug-likeness (QED) is 0.368. The second kappa shape index (κ2) is 8.93. The van der Waals surface area contributed by atoms with Crippen LogP contribution in [0.4, 0.5) is 0 Å². The molecule has 4 aliphatic rings. The summed E-state index contributed by atoms with van der Waals surface area (Å²) in [5, 5.41) is 14.9. The number of aliphatic hydroxyl groups excluding tert-OH is 1. The van der Waals surface area contributed by atoms with E-state index in [1.807, 2.05) is 0 Å². The van der Waals surface area contributed by atoms with Gasteiger partial charge in [0.2, 0.25) is 0 Å². The van der Waals surface area contributed by atoms with Crippen molar-refractivity contribution in [2.75, 3.05) is 7.11 Å². The zero-order chi connectivity index (χ0) is 23.3. The van der Waals surface area contributed by atoms with Crippen molar-refractivity contribution in [1.82, 2.24) is 0 Å². The molecule has 0 unspecified atom stereocenters. The van der Waals surface area contributed by atoms with Crippen molar-refractivity contribution in [1.29, 1.82) is 0 Å². The van der Waals surface area contributed by atoms with Crippen LogP contribution in [0.5, 0.6) is 0 Å². The number of rotatable bonds is 5. The fourth-order valence-electron chi connectivity index (χ4n) is 8.17. The third kappa shape index (κ3) is 3.91. The second-order valence-corrected chi connectivity index (χ2v) is 12.5. The standard InChI is InChI=1S/C29H47NO2/c1-18(2)19(3)8-9-20(4)23-10-11-24-22-17-27(30-32-7)26-16-21(31)12-14-29(26,6)25(22)13-15-28(23,24)5/h8-9,17-21,23-26,31H,10-16H2,1-7H3/b9-8+,30-27+/t19-,20+,21-,23+,24-,25-,26+,28+,29+/m0/s1. The molecule has 0 spiro atoms. The average molecular weight is 442 g/mol. The van der Waals surface area contributed by atoms with Crippen molar-refractivity contribution >= 4 is 5.71 Å². The first-order valence-corrected chi connectivity index (χ1v) is 13.3. The molecule has 3 nitrogen and oxygen atoms in total. The number of allylic oxidation sites excluding steroid dienone is 4. The molecule has 32 heavy (non-hydrogen) atoms. The van der Waals surface area contributed by atoms with Gasteiger partial charge < -0.3 is 9.94 Å². The first-order valence-electron chi connectivity index (χ1n) is 13.3. The molecule has 9 atom stereocenters. The molecule has 0 saturated heterocycles. The van der Waals surface area contributed by atoms with Gasteiger partial charge >= 0.3 is 0 Å². The SMILES string of the molecule is CO/N=C1\C=C2[C@H](CC[C@]3(C)[C@@H]([C@H](C)/C=C/[C@H](C)C(C)C)CC[C@@H]23)[C@@]2(C)CC[C@H](O)C[C@H]12. The maximum atomic E-state index is 10.4. The summed E-state index contributed by atoms with van der Waals surface area (Å²) < 4.78 is 0. The average Bonchev–Trinajstić information content (AvgIpc) is 3.10. The van der Waals surface area contributed by atoms with E-state index in [1.165, 1.54) is 25.7 Å². The lowest BCUT2D eigenvalue weighted by Crippen LogP contribution is -2.52. The van der Waals surface area contributed by atoms with Gasteiger partial charge in [-0.05, 0) is 97.4 Å². The Kier molecular flexibility index (Phi) is 6.71. The van der Waals surface area contributed by atoms with Crippen molar-refractivity contribution in [3.8, 4) is 0 Å². The molecular weight excluding hydrogens is 394 g/mol. The molecule has 0 heterocycles. The summed E-state index contributed by atoms with van der Waals surface area (Å²) in [6, 6.07) is 0. The van der Waals surface area contributed by atoms with Crippen LogP contribution in [0.3, 0.4) is 0 Å². The van der Waals surface area contributed by atoms with Crippen LogP contribution in [-0.4, -0.2) is 24.0 Å². The first-order chi connectivity index (χ1) is 15.1. The molecule has 3 saturated carbocycles. The van der Waals surface area contributed by atoms with Gasteiger partial charge in [-0.1, -0.05) is 64.4 Å². The fraction of sp³-hybridized carbons (Fsp3) is 0.828. The summed E-state index contributed by atoms with van der Waals surface area (Å²) in [5.74, 6) is 4.36. The summed E-state index contributed by atoms with van der Waals surface area (Å²) in [6.07, 6.45) is 15.4. The van der Waals surface area contributed by atoms with Crippen LogP contribution in [0.25, 0.3) is 0 Å². The van der Waals surface area contributed by atoms with Crippen LogP contribution < -0.4 is 0 Å². The van der Waals surface area contributed by atoms with Crippen molar-refractivity contribution in [2.45, 2.75) is 92.6 Å². The Morgan fingerprint density at radius 2 is 1.66 bits per heavy atom. The first kappa shape index (κ1) is 24.0. The molecule has 0 aromatic rings. The van der Waals surface area contributed by atoms with Crippen LogP contribution >= 0.6 is 0 Å². The highest BCUT2D eigenvalue weighted by Gasteiger charge is 2.59. The lowest BCUT2D eigenvalue weighted by atomic mass is 9.47. The Bertz CT molecular complexity index is 782. The van der Waals surface area contributed by atoms with E-state index in [9.17, 15) is 5.11 Å². The van der Waals surface area contributed by atoms with E-state index in [0.29, 0.717) is 40.9 Å². The lowest BCUT2D eigenvalue weighted by molar-refractivity contribution is -0.0160. The molecule has 4 rings (SSSR count). The topological polar surface area (TPSA) is 41.8 Å². The summed E-state index contributed by atoms with van der Waals surface area (Å²) in [6.45, 7) is 14.5. The highest BCUT2D eigenvalue weighted by Crippen LogP contribution is 2.66. The van der Waals surface area contributed by atoms with Gasteiger partial charge in [-0.3, -0.25) is 0 Å². The number of hydrogen-bond acceptors (Lipinski definition) is 3. The molecule has 0 aromatic carbocycles. The normalized spacial score (nSPS) is 44.7. The number of fused-ring (bicyclic) bond motifs is 5. The molecule has 180 valence electrons. The van der Waals surface area contributed by atoms with Crippen LogP contribution in [0.1, 0.15) is 86.5 Å². The van der Waals surface area contributed by atoms with E-state index < -0.39 is 0 Å². The zero-order valence-electron chi connectivity index (χ0n) is 21.6. The Balaban J connectivity index is 1.64. The minimum atomic E-state index is -0.198. The maximum absolute atomic E-state index is 10.4. The summed E-state index contributed by atoms with van der Waals surface area (Å²) in [4.78, 5) is 5.31. The predicted molar refractivity (Wildman–Crippen MR) is 133 cm³/mol. The molecule has 1 N–H and O–H groups in total. The van der Waals surface area contributed by atoms with Gasteiger partial charge in [0.1, 0.15) is 7.11 Å². The van der Waals surface area contributed by atoms with E-state index >= 15 is 0 Å². The molecule has 0 amide bonds. The van der Waals surface area contributed by atoms with Crippen molar-refractivity contribution in [3.63, 3.8) is 0 Å². The molecule has 3 fully saturated rings. The van der Waals surface area contributed by atoms with E-state index in [-0.39, 0.29) is 11.5 Å². The Hall–Kier alpha value is -1.09. The van der Waals surface area contributed by atoms with Gasteiger partial charge in [-0.15, -0.1) is 0 Å². The summed E-state index contributed by atoms with van der Waals surface area (Å²) >= 11 is 0. The van der Waals surface area contributed by atoms with Gasteiger partial charge in [0.25, 0.3) is 0 Å². The van der Waals surface area contributed by atoms with E-state index in [4.69, 9.17) is 4.84 Å². The van der Waals surface area contributed by atoms with Gasteiger partial charge in [0, 0.05) is 5.92 Å². The molecule has 4 aliphatic carbocycles. The van der Waals surface area contributed by atoms with E-state index in [1.54, 1.807) is 12.7 Å². The van der Waals surface area contributed by atoms with E-state index in [2.05, 4.69) is 64.9 Å². The Labute approximate surface area is 196 Å². The third-order valence-electron chi connectivity index (χ3n) is 10.6. The highest BCUT2D eigenvalue weighted by atomic mass is 16.6. The fourth-order valence-corrected chi connectivity index (χ4v) is 8.17. The smallest absolute Gasteiger partial charge is 0.106 e. The van der Waals surface area contributed by atoms with Gasteiger partial charge in [-0.25, -0.2) is 0 Å². The number of nitrogens with zero attached hydrogens (tertiary/aromatic N) is 1. The van der Waals surface area contributed by atoms with Gasteiger partial charge in [0.15, 0.2) is 0 Å². The second-order valence-electron chi connectivity index (χ2n) is 12.5. The Morgan fingerprint density at radius 1 is 0.969 bits per heavy atom. The number of aliphatic hydroxyl groups is 1. The van der Waals surface area contributed by atoms with Crippen LogP contribution in [-0.2, 0) is 4.84 Å². The molecule has 0 aliphatic heterocycles. The largest absolute Gasteiger partial charge is 0.399 e.